The van der Waals surface area contributed by atoms with E-state index in [9.17, 15) is 5.11 Å². The second kappa shape index (κ2) is 9.41. The predicted molar refractivity (Wildman–Crippen MR) is 121 cm³/mol. The van der Waals surface area contributed by atoms with E-state index in [1.54, 1.807) is 37.2 Å². The third kappa shape index (κ3) is 4.90. The molecule has 0 aliphatic carbocycles. The number of ether oxygens (including phenoxy) is 1. The molecular weight excluding hydrogens is 390 g/mol. The van der Waals surface area contributed by atoms with E-state index >= 15 is 0 Å². The molecular formula is C26H25NO4. The summed E-state index contributed by atoms with van der Waals surface area (Å²) in [6.45, 7) is 1.48. The van der Waals surface area contributed by atoms with Crippen molar-refractivity contribution >= 4 is 11.1 Å². The van der Waals surface area contributed by atoms with Crippen LogP contribution >= 0.6 is 0 Å². The summed E-state index contributed by atoms with van der Waals surface area (Å²) in [6.07, 6.45) is 6.76. The number of hydrogen-bond acceptors (Lipinski definition) is 5. The van der Waals surface area contributed by atoms with Gasteiger partial charge >= 0.3 is 0 Å². The second-order valence-corrected chi connectivity index (χ2v) is 7.50. The minimum absolute atomic E-state index is 0.223. The van der Waals surface area contributed by atoms with Crippen molar-refractivity contribution in [1.82, 2.24) is 4.90 Å². The molecule has 31 heavy (non-hydrogen) atoms. The standard InChI is InChI=1S/C26H25NO4/c1-27(2)13-16-31-24-9-5-20(6-10-24)25(19-3-7-23(28)8-4-19)26(21-11-14-29-17-21)22-12-15-30-18-22/h3-12,14-15,17-18,28H,13,16H2,1-2H3. The molecule has 158 valence electrons. The van der Waals surface area contributed by atoms with Crippen LogP contribution in [-0.2, 0) is 0 Å². The normalized spacial score (nSPS) is 10.9. The molecule has 5 heteroatoms. The highest BCUT2D eigenvalue weighted by Crippen LogP contribution is 2.38. The van der Waals surface area contributed by atoms with Crippen molar-refractivity contribution in [3.05, 3.63) is 108 Å². The number of furan rings is 2. The molecule has 4 aromatic rings. The first-order valence-electron chi connectivity index (χ1n) is 10.1. The Morgan fingerprint density at radius 2 is 1.26 bits per heavy atom. The van der Waals surface area contributed by atoms with E-state index in [0.717, 1.165) is 45.7 Å². The highest BCUT2D eigenvalue weighted by molar-refractivity contribution is 6.04. The van der Waals surface area contributed by atoms with E-state index in [2.05, 4.69) is 4.90 Å². The number of phenols is 1. The van der Waals surface area contributed by atoms with Crippen LogP contribution in [0.25, 0.3) is 11.1 Å². The Morgan fingerprint density at radius 1 is 0.742 bits per heavy atom. The van der Waals surface area contributed by atoms with E-state index in [1.165, 1.54) is 0 Å². The molecule has 2 aromatic heterocycles. The zero-order valence-corrected chi connectivity index (χ0v) is 17.6. The summed E-state index contributed by atoms with van der Waals surface area (Å²) < 4.78 is 16.6. The van der Waals surface area contributed by atoms with Gasteiger partial charge in [-0.15, -0.1) is 0 Å². The number of nitrogens with zero attached hydrogens (tertiary/aromatic N) is 1. The molecule has 0 bridgehead atoms. The van der Waals surface area contributed by atoms with Crippen molar-refractivity contribution in [2.45, 2.75) is 0 Å². The number of rotatable bonds is 8. The number of likely N-dealkylation sites (N-methyl/N-ethyl adjacent to an activating group) is 1. The lowest BCUT2D eigenvalue weighted by atomic mass is 9.87. The molecule has 0 atom stereocenters. The van der Waals surface area contributed by atoms with Gasteiger partial charge in [-0.25, -0.2) is 0 Å². The molecule has 2 heterocycles. The van der Waals surface area contributed by atoms with Crippen LogP contribution in [0.15, 0.2) is 94.6 Å². The van der Waals surface area contributed by atoms with Crippen LogP contribution in [0.4, 0.5) is 0 Å². The molecule has 5 nitrogen and oxygen atoms in total. The number of hydrogen-bond donors (Lipinski definition) is 1. The molecule has 2 aromatic carbocycles. The van der Waals surface area contributed by atoms with Gasteiger partial charge in [0.1, 0.15) is 18.1 Å². The Hall–Kier alpha value is -3.70. The average molecular weight is 415 g/mol. The van der Waals surface area contributed by atoms with Gasteiger partial charge in [-0.1, -0.05) is 24.3 Å². The van der Waals surface area contributed by atoms with Crippen LogP contribution < -0.4 is 4.74 Å². The molecule has 0 radical (unpaired) electrons. The maximum Gasteiger partial charge on any atom is 0.119 e. The van der Waals surface area contributed by atoms with Crippen molar-refractivity contribution in [2.24, 2.45) is 0 Å². The number of phenolic OH excluding ortho intramolecular Hbond substituents is 1. The smallest absolute Gasteiger partial charge is 0.119 e. The minimum Gasteiger partial charge on any atom is -0.508 e. The Morgan fingerprint density at radius 3 is 1.74 bits per heavy atom. The van der Waals surface area contributed by atoms with Gasteiger partial charge in [-0.3, -0.25) is 0 Å². The molecule has 0 unspecified atom stereocenters. The SMILES string of the molecule is CN(C)CCOc1ccc(C(=C(c2ccoc2)c2ccoc2)c2ccc(O)cc2)cc1. The van der Waals surface area contributed by atoms with E-state index in [-0.39, 0.29) is 5.75 Å². The van der Waals surface area contributed by atoms with E-state index in [0.29, 0.717) is 6.61 Å². The van der Waals surface area contributed by atoms with E-state index in [1.807, 2.05) is 62.6 Å². The molecule has 0 fully saturated rings. The van der Waals surface area contributed by atoms with Gasteiger partial charge in [-0.2, -0.15) is 0 Å². The van der Waals surface area contributed by atoms with Crippen LogP contribution in [0.5, 0.6) is 11.5 Å². The highest BCUT2D eigenvalue weighted by Gasteiger charge is 2.18. The molecule has 0 aliphatic heterocycles. The van der Waals surface area contributed by atoms with Gasteiger partial charge in [0.25, 0.3) is 0 Å². The van der Waals surface area contributed by atoms with Crippen molar-refractivity contribution in [1.29, 1.82) is 0 Å². The maximum atomic E-state index is 9.81. The molecule has 4 rings (SSSR count). The van der Waals surface area contributed by atoms with Crippen molar-refractivity contribution in [3.63, 3.8) is 0 Å². The number of aromatic hydroxyl groups is 1. The van der Waals surface area contributed by atoms with Crippen LogP contribution in [0.3, 0.4) is 0 Å². The Balaban J connectivity index is 1.82. The summed E-state index contributed by atoms with van der Waals surface area (Å²) in [7, 11) is 4.04. The molecule has 0 saturated heterocycles. The largest absolute Gasteiger partial charge is 0.508 e. The zero-order chi connectivity index (χ0) is 21.6. The minimum atomic E-state index is 0.223. The molecule has 0 amide bonds. The van der Waals surface area contributed by atoms with Crippen molar-refractivity contribution in [2.75, 3.05) is 27.2 Å². The number of benzene rings is 2. The first-order chi connectivity index (χ1) is 15.1. The summed E-state index contributed by atoms with van der Waals surface area (Å²) in [5.74, 6) is 1.05. The predicted octanol–water partition coefficient (Wildman–Crippen LogP) is 5.53. The Bertz CT molecular complexity index is 1070. The zero-order valence-electron chi connectivity index (χ0n) is 17.6. The Labute approximate surface area is 181 Å². The molecule has 1 N–H and O–H groups in total. The third-order valence-corrected chi connectivity index (χ3v) is 4.98. The molecule has 0 saturated carbocycles. The van der Waals surface area contributed by atoms with Crippen LogP contribution in [0.2, 0.25) is 0 Å². The lowest BCUT2D eigenvalue weighted by molar-refractivity contribution is 0.261. The van der Waals surface area contributed by atoms with Gasteiger partial charge in [0.05, 0.1) is 25.1 Å². The van der Waals surface area contributed by atoms with Gasteiger partial charge in [0.2, 0.25) is 0 Å². The van der Waals surface area contributed by atoms with Gasteiger partial charge in [0, 0.05) is 23.2 Å². The fraction of sp³-hybridized carbons (Fsp3) is 0.154. The van der Waals surface area contributed by atoms with Crippen LogP contribution in [0, 0.1) is 0 Å². The fourth-order valence-electron chi connectivity index (χ4n) is 3.42. The lowest BCUT2D eigenvalue weighted by Gasteiger charge is -2.16. The van der Waals surface area contributed by atoms with E-state index < -0.39 is 0 Å². The fourth-order valence-corrected chi connectivity index (χ4v) is 3.42. The Kier molecular flexibility index (Phi) is 6.24. The van der Waals surface area contributed by atoms with Crippen molar-refractivity contribution in [3.8, 4) is 11.5 Å². The van der Waals surface area contributed by atoms with Crippen LogP contribution in [0.1, 0.15) is 22.3 Å². The highest BCUT2D eigenvalue weighted by atomic mass is 16.5. The van der Waals surface area contributed by atoms with E-state index in [4.69, 9.17) is 13.6 Å². The first kappa shape index (κ1) is 20.6. The topological polar surface area (TPSA) is 59.0 Å². The molecule has 0 aliphatic rings. The van der Waals surface area contributed by atoms with Crippen LogP contribution in [-0.4, -0.2) is 37.3 Å². The average Bonchev–Trinajstić information content (AvgIpc) is 3.48. The monoisotopic (exact) mass is 415 g/mol. The lowest BCUT2D eigenvalue weighted by Crippen LogP contribution is -2.19. The summed E-state index contributed by atoms with van der Waals surface area (Å²) in [5.41, 5.74) is 5.85. The van der Waals surface area contributed by atoms with Crippen molar-refractivity contribution < 1.29 is 18.7 Å². The summed E-state index contributed by atoms with van der Waals surface area (Å²) in [4.78, 5) is 2.09. The molecule has 0 spiro atoms. The summed E-state index contributed by atoms with van der Waals surface area (Å²) in [6, 6.07) is 19.1. The first-order valence-corrected chi connectivity index (χ1v) is 10.1. The van der Waals surface area contributed by atoms with Gasteiger partial charge in [-0.05, 0) is 67.2 Å². The quantitative estimate of drug-likeness (QED) is 0.410. The summed E-state index contributed by atoms with van der Waals surface area (Å²) >= 11 is 0. The van der Waals surface area contributed by atoms with Gasteiger partial charge in [0.15, 0.2) is 0 Å². The summed E-state index contributed by atoms with van der Waals surface area (Å²) in [5, 5.41) is 9.81. The second-order valence-electron chi connectivity index (χ2n) is 7.50. The van der Waals surface area contributed by atoms with Gasteiger partial charge < -0.3 is 23.6 Å². The third-order valence-electron chi connectivity index (χ3n) is 4.98. The maximum absolute atomic E-state index is 9.81.